The van der Waals surface area contributed by atoms with Crippen LogP contribution in [0.1, 0.15) is 5.56 Å². The van der Waals surface area contributed by atoms with E-state index in [4.69, 9.17) is 10.5 Å². The number of nitrogens with two attached hydrogens (primary N) is 1. The molecule has 0 spiro atoms. The first-order valence-corrected chi connectivity index (χ1v) is 6.17. The van der Waals surface area contributed by atoms with Gasteiger partial charge >= 0.3 is 0 Å². The van der Waals surface area contributed by atoms with Crippen molar-refractivity contribution in [2.24, 2.45) is 5.73 Å². The summed E-state index contributed by atoms with van der Waals surface area (Å²) < 4.78 is 8.41. The molecule has 1 aromatic carbocycles. The van der Waals surface area contributed by atoms with Crippen molar-refractivity contribution in [1.82, 2.24) is 9.78 Å². The SMILES string of the molecule is NCc1ccc(OCCn2cc(Br)cn2)cc1. The van der Waals surface area contributed by atoms with Crippen LogP contribution in [0.15, 0.2) is 41.1 Å². The van der Waals surface area contributed by atoms with Crippen LogP contribution < -0.4 is 10.5 Å². The topological polar surface area (TPSA) is 53.1 Å². The normalized spacial score (nSPS) is 10.5. The Labute approximate surface area is 109 Å². The number of rotatable bonds is 5. The number of benzene rings is 1. The zero-order valence-electron chi connectivity index (χ0n) is 9.34. The fraction of sp³-hybridized carbons (Fsp3) is 0.250. The highest BCUT2D eigenvalue weighted by molar-refractivity contribution is 9.10. The lowest BCUT2D eigenvalue weighted by atomic mass is 10.2. The summed E-state index contributed by atoms with van der Waals surface area (Å²) in [6.07, 6.45) is 3.68. The lowest BCUT2D eigenvalue weighted by Gasteiger charge is -2.06. The molecule has 0 saturated carbocycles. The summed E-state index contributed by atoms with van der Waals surface area (Å²) in [6.45, 7) is 1.88. The number of aromatic nitrogens is 2. The third-order valence-corrected chi connectivity index (χ3v) is 2.76. The Morgan fingerprint density at radius 2 is 2.06 bits per heavy atom. The lowest BCUT2D eigenvalue weighted by Crippen LogP contribution is -2.08. The number of hydrogen-bond donors (Lipinski definition) is 1. The van der Waals surface area contributed by atoms with Crippen molar-refractivity contribution >= 4 is 15.9 Å². The van der Waals surface area contributed by atoms with Crippen molar-refractivity contribution in [3.8, 4) is 5.75 Å². The van der Waals surface area contributed by atoms with E-state index in [2.05, 4.69) is 21.0 Å². The van der Waals surface area contributed by atoms with Crippen molar-refractivity contribution < 1.29 is 4.74 Å². The maximum absolute atomic E-state index is 5.60. The smallest absolute Gasteiger partial charge is 0.119 e. The van der Waals surface area contributed by atoms with Gasteiger partial charge in [-0.3, -0.25) is 4.68 Å². The molecule has 0 radical (unpaired) electrons. The van der Waals surface area contributed by atoms with Crippen molar-refractivity contribution in [3.63, 3.8) is 0 Å². The highest BCUT2D eigenvalue weighted by atomic mass is 79.9. The molecule has 0 aliphatic carbocycles. The maximum atomic E-state index is 5.60. The fourth-order valence-corrected chi connectivity index (χ4v) is 1.77. The van der Waals surface area contributed by atoms with Crippen molar-refractivity contribution in [1.29, 1.82) is 0 Å². The predicted octanol–water partition coefficient (Wildman–Crippen LogP) is 2.18. The summed E-state index contributed by atoms with van der Waals surface area (Å²) >= 11 is 3.35. The van der Waals surface area contributed by atoms with Crippen LogP contribution in [-0.2, 0) is 13.1 Å². The molecular weight excluding hydrogens is 282 g/mol. The highest BCUT2D eigenvalue weighted by Crippen LogP contribution is 2.12. The average molecular weight is 296 g/mol. The summed E-state index contributed by atoms with van der Waals surface area (Å²) in [5.41, 5.74) is 6.63. The molecule has 0 atom stereocenters. The number of hydrogen-bond acceptors (Lipinski definition) is 3. The molecular formula is C12H14BrN3O. The van der Waals surface area contributed by atoms with E-state index in [1.54, 1.807) is 6.20 Å². The highest BCUT2D eigenvalue weighted by Gasteiger charge is 1.97. The predicted molar refractivity (Wildman–Crippen MR) is 69.8 cm³/mol. The van der Waals surface area contributed by atoms with Gasteiger partial charge < -0.3 is 10.5 Å². The van der Waals surface area contributed by atoms with Crippen molar-refractivity contribution in [2.45, 2.75) is 13.1 Å². The Morgan fingerprint density at radius 3 is 2.65 bits per heavy atom. The second-order valence-electron chi connectivity index (χ2n) is 3.62. The van der Waals surface area contributed by atoms with Gasteiger partial charge in [-0.05, 0) is 33.6 Å². The maximum Gasteiger partial charge on any atom is 0.119 e. The largest absolute Gasteiger partial charge is 0.492 e. The summed E-state index contributed by atoms with van der Waals surface area (Å²) in [7, 11) is 0. The minimum absolute atomic E-state index is 0.557. The Balaban J connectivity index is 1.81. The van der Waals surface area contributed by atoms with Crippen molar-refractivity contribution in [2.75, 3.05) is 6.61 Å². The Kier molecular flexibility index (Phi) is 4.17. The Morgan fingerprint density at radius 1 is 1.29 bits per heavy atom. The molecule has 17 heavy (non-hydrogen) atoms. The minimum Gasteiger partial charge on any atom is -0.492 e. The minimum atomic E-state index is 0.557. The van der Waals surface area contributed by atoms with Crippen LogP contribution in [0.2, 0.25) is 0 Å². The van der Waals surface area contributed by atoms with Crippen LogP contribution in [-0.4, -0.2) is 16.4 Å². The molecule has 90 valence electrons. The molecule has 0 unspecified atom stereocenters. The molecule has 1 heterocycles. The van der Waals surface area contributed by atoms with Crippen LogP contribution in [0.4, 0.5) is 0 Å². The van der Waals surface area contributed by atoms with Gasteiger partial charge in [0.15, 0.2) is 0 Å². The molecule has 2 aromatic rings. The fourth-order valence-electron chi connectivity index (χ4n) is 1.44. The van der Waals surface area contributed by atoms with Gasteiger partial charge in [-0.15, -0.1) is 0 Å². The average Bonchev–Trinajstić information content (AvgIpc) is 2.76. The van der Waals surface area contributed by atoms with Gasteiger partial charge in [0.1, 0.15) is 12.4 Å². The van der Waals surface area contributed by atoms with E-state index in [1.807, 2.05) is 35.1 Å². The Hall–Kier alpha value is -1.33. The molecule has 0 fully saturated rings. The third-order valence-electron chi connectivity index (χ3n) is 2.35. The standard InChI is InChI=1S/C12H14BrN3O/c13-11-8-15-16(9-11)5-6-17-12-3-1-10(7-14)2-4-12/h1-4,8-9H,5-7,14H2. The van der Waals surface area contributed by atoms with Crippen LogP contribution >= 0.6 is 15.9 Å². The zero-order valence-corrected chi connectivity index (χ0v) is 10.9. The molecule has 5 heteroatoms. The summed E-state index contributed by atoms with van der Waals surface area (Å²) in [5, 5.41) is 4.15. The molecule has 0 amide bonds. The van der Waals surface area contributed by atoms with Crippen LogP contribution in [0.3, 0.4) is 0 Å². The van der Waals surface area contributed by atoms with Gasteiger partial charge in [0.2, 0.25) is 0 Å². The molecule has 0 saturated heterocycles. The Bertz CT molecular complexity index is 467. The monoisotopic (exact) mass is 295 g/mol. The first-order valence-electron chi connectivity index (χ1n) is 5.37. The molecule has 2 N–H and O–H groups in total. The first-order chi connectivity index (χ1) is 8.28. The van der Waals surface area contributed by atoms with Gasteiger partial charge in [0, 0.05) is 12.7 Å². The van der Waals surface area contributed by atoms with Gasteiger partial charge in [-0.2, -0.15) is 5.10 Å². The van der Waals surface area contributed by atoms with Gasteiger partial charge in [-0.25, -0.2) is 0 Å². The van der Waals surface area contributed by atoms with E-state index in [1.165, 1.54) is 0 Å². The number of nitrogens with zero attached hydrogens (tertiary/aromatic N) is 2. The van der Waals surface area contributed by atoms with E-state index in [9.17, 15) is 0 Å². The van der Waals surface area contributed by atoms with E-state index >= 15 is 0 Å². The number of halogens is 1. The molecule has 0 aliphatic rings. The van der Waals surface area contributed by atoms with Gasteiger partial charge in [0.05, 0.1) is 17.2 Å². The van der Waals surface area contributed by atoms with Crippen LogP contribution in [0, 0.1) is 0 Å². The molecule has 1 aromatic heterocycles. The second kappa shape index (κ2) is 5.84. The summed E-state index contributed by atoms with van der Waals surface area (Å²) in [6, 6.07) is 7.81. The molecule has 4 nitrogen and oxygen atoms in total. The van der Waals surface area contributed by atoms with E-state index < -0.39 is 0 Å². The second-order valence-corrected chi connectivity index (χ2v) is 4.53. The summed E-state index contributed by atoms with van der Waals surface area (Å²) in [4.78, 5) is 0. The summed E-state index contributed by atoms with van der Waals surface area (Å²) in [5.74, 6) is 0.855. The van der Waals surface area contributed by atoms with E-state index in [0.717, 1.165) is 22.3 Å². The van der Waals surface area contributed by atoms with Gasteiger partial charge in [-0.1, -0.05) is 12.1 Å². The molecule has 0 aliphatic heterocycles. The quantitative estimate of drug-likeness (QED) is 0.920. The van der Waals surface area contributed by atoms with Crippen LogP contribution in [0.25, 0.3) is 0 Å². The van der Waals surface area contributed by atoms with E-state index in [-0.39, 0.29) is 0 Å². The van der Waals surface area contributed by atoms with Crippen LogP contribution in [0.5, 0.6) is 5.75 Å². The third kappa shape index (κ3) is 3.57. The first kappa shape index (κ1) is 12.1. The lowest BCUT2D eigenvalue weighted by molar-refractivity contribution is 0.291. The molecule has 0 bridgehead atoms. The number of ether oxygens (including phenoxy) is 1. The molecule has 2 rings (SSSR count). The van der Waals surface area contributed by atoms with Crippen molar-refractivity contribution in [3.05, 3.63) is 46.7 Å². The van der Waals surface area contributed by atoms with Gasteiger partial charge in [0.25, 0.3) is 0 Å². The van der Waals surface area contributed by atoms with E-state index in [0.29, 0.717) is 13.2 Å². The zero-order chi connectivity index (χ0) is 12.1.